The Bertz CT molecular complexity index is 1920. The number of hydrogen-bond acceptors (Lipinski definition) is 8. The third kappa shape index (κ3) is 6.94. The van der Waals surface area contributed by atoms with Gasteiger partial charge in [0.05, 0.1) is 35.1 Å². The molecule has 11 nitrogen and oxygen atoms in total. The number of amides is 2. The van der Waals surface area contributed by atoms with Gasteiger partial charge in [0.2, 0.25) is 0 Å². The molecule has 4 bridgehead atoms. The van der Waals surface area contributed by atoms with E-state index >= 15 is 0 Å². The Balaban J connectivity index is 1.51. The molecule has 0 fully saturated rings. The van der Waals surface area contributed by atoms with E-state index in [9.17, 15) is 14.2 Å². The topological polar surface area (TPSA) is 113 Å². The molecule has 2 amide bonds. The summed E-state index contributed by atoms with van der Waals surface area (Å²) in [7, 11) is -2.32. The summed E-state index contributed by atoms with van der Waals surface area (Å²) in [5, 5.41) is 4.92. The van der Waals surface area contributed by atoms with Crippen LogP contribution in [0.1, 0.15) is 59.1 Å². The second-order valence-corrected chi connectivity index (χ2v) is 15.8. The molecule has 12 heteroatoms. The molecule has 0 radical (unpaired) electrons. The van der Waals surface area contributed by atoms with Gasteiger partial charge in [0.1, 0.15) is 6.73 Å². The molecule has 2 aromatic carbocycles. The van der Waals surface area contributed by atoms with E-state index in [1.54, 1.807) is 41.5 Å². The summed E-state index contributed by atoms with van der Waals surface area (Å²) < 4.78 is 41.9. The van der Waals surface area contributed by atoms with Crippen LogP contribution in [0.15, 0.2) is 60.9 Å². The average Bonchev–Trinajstić information content (AvgIpc) is 3.61. The Morgan fingerprint density at radius 3 is 1.81 bits per heavy atom. The van der Waals surface area contributed by atoms with E-state index in [4.69, 9.17) is 18.3 Å². The molecule has 48 heavy (non-hydrogen) atoms. The highest BCUT2D eigenvalue weighted by molar-refractivity contribution is 7.48. The van der Waals surface area contributed by atoms with Gasteiger partial charge >= 0.3 is 7.82 Å². The number of phosphoric acid groups is 1. The quantitative estimate of drug-likeness (QED) is 0.172. The zero-order valence-electron chi connectivity index (χ0n) is 28.7. The lowest BCUT2D eigenvalue weighted by molar-refractivity contribution is -0.140. The smallest absolute Gasteiger partial charge is 0.375 e. The number of hydrogen-bond donors (Lipinski definition) is 1. The molecule has 0 unspecified atom stereocenters. The molecule has 4 aromatic rings. The van der Waals surface area contributed by atoms with Crippen molar-refractivity contribution in [3.05, 3.63) is 72.1 Å². The van der Waals surface area contributed by atoms with Crippen LogP contribution in [-0.4, -0.2) is 70.1 Å². The monoisotopic (exact) mass is 676 g/mol. The van der Waals surface area contributed by atoms with E-state index < -0.39 is 37.6 Å². The standard InChI is InChI=1S/C36H45N4O7P/c1-35(2,3)46-48(43,47-36(4,5)6)45-23-40-33(41)31-27-21-38(29-14-10-8-12-25(27)29)17-16-24(20-37-7)44-19-18-39-22-28(32(31)34(40)42)26-13-9-11-15-30(26)39/h8-15,21-22,24,37H,16-20,23H2,1-7H3/t24-/m0/s1. The third-order valence-electron chi connectivity index (χ3n) is 8.21. The number of para-hydroxylation sites is 2. The highest BCUT2D eigenvalue weighted by Crippen LogP contribution is 2.56. The Hall–Kier alpha value is -3.57. The first-order valence-corrected chi connectivity index (χ1v) is 17.8. The highest BCUT2D eigenvalue weighted by Gasteiger charge is 2.45. The fourth-order valence-corrected chi connectivity index (χ4v) is 8.14. The molecule has 2 aliphatic rings. The number of aromatic nitrogens is 2. The molecule has 1 N–H and O–H groups in total. The molecule has 0 aliphatic carbocycles. The molecule has 4 heterocycles. The SMILES string of the molecule is CNC[C@@H]1CCn2cc(c3ccccc32)C2=C(C(=O)N(COP(=O)(OC(C)(C)C)OC(C)(C)C)C2=O)c2cn(c3ccccc23)CCO1. The highest BCUT2D eigenvalue weighted by atomic mass is 31.2. The number of carbonyl (C=O) groups excluding carboxylic acids is 2. The van der Waals surface area contributed by atoms with Crippen molar-refractivity contribution >= 4 is 52.6 Å². The number of carbonyl (C=O) groups is 2. The molecular weight excluding hydrogens is 631 g/mol. The molecule has 0 saturated heterocycles. The number of nitrogens with zero attached hydrogens (tertiary/aromatic N) is 3. The van der Waals surface area contributed by atoms with E-state index in [0.717, 1.165) is 33.1 Å². The van der Waals surface area contributed by atoms with E-state index in [1.807, 2.05) is 68.0 Å². The van der Waals surface area contributed by atoms with Crippen LogP contribution in [0.2, 0.25) is 0 Å². The lowest BCUT2D eigenvalue weighted by Gasteiger charge is -2.31. The van der Waals surface area contributed by atoms with Crippen molar-refractivity contribution in [3.8, 4) is 0 Å². The number of nitrogens with one attached hydrogen (secondary N) is 1. The fraction of sp³-hybridized carbons (Fsp3) is 0.444. The maximum absolute atomic E-state index is 14.6. The van der Waals surface area contributed by atoms with Gasteiger partial charge in [-0.15, -0.1) is 0 Å². The number of fused-ring (bicyclic) bond motifs is 12. The van der Waals surface area contributed by atoms with Crippen LogP contribution in [0.25, 0.3) is 33.0 Å². The molecule has 1 atom stereocenters. The van der Waals surface area contributed by atoms with E-state index in [0.29, 0.717) is 37.4 Å². The first-order valence-electron chi connectivity index (χ1n) is 16.4. The Morgan fingerprint density at radius 2 is 1.31 bits per heavy atom. The number of aryl methyl sites for hydroxylation is 1. The zero-order valence-corrected chi connectivity index (χ0v) is 29.6. The van der Waals surface area contributed by atoms with Gasteiger partial charge in [-0.3, -0.25) is 23.2 Å². The zero-order chi connectivity index (χ0) is 34.4. The van der Waals surface area contributed by atoms with Crippen molar-refractivity contribution in [1.82, 2.24) is 19.4 Å². The van der Waals surface area contributed by atoms with Gasteiger partial charge in [-0.1, -0.05) is 36.4 Å². The first-order chi connectivity index (χ1) is 22.7. The normalized spacial score (nSPS) is 18.2. The summed E-state index contributed by atoms with van der Waals surface area (Å²) in [5.74, 6) is -1.10. The number of imide groups is 1. The minimum Gasteiger partial charge on any atom is -0.375 e. The average molecular weight is 677 g/mol. The predicted octanol–water partition coefficient (Wildman–Crippen LogP) is 6.60. The van der Waals surface area contributed by atoms with Crippen LogP contribution < -0.4 is 5.32 Å². The summed E-state index contributed by atoms with van der Waals surface area (Å²) in [6.45, 7) is 12.1. The molecule has 0 spiro atoms. The molecular formula is C36H45N4O7P. The number of likely N-dealkylation sites (N-methyl/N-ethyl adjacent to an activating group) is 1. The van der Waals surface area contributed by atoms with Crippen LogP contribution in [0.5, 0.6) is 0 Å². The van der Waals surface area contributed by atoms with Gasteiger partial charge in [0, 0.05) is 65.0 Å². The van der Waals surface area contributed by atoms with Crippen molar-refractivity contribution in [2.75, 3.05) is 26.9 Å². The number of rotatable bonds is 7. The maximum Gasteiger partial charge on any atom is 0.477 e. The van der Waals surface area contributed by atoms with Gasteiger partial charge in [-0.2, -0.15) is 0 Å². The number of phosphoric ester groups is 1. The molecule has 0 saturated carbocycles. The Kier molecular flexibility index (Phi) is 9.32. The van der Waals surface area contributed by atoms with E-state index in [1.165, 1.54) is 0 Å². The Morgan fingerprint density at radius 1 is 0.812 bits per heavy atom. The van der Waals surface area contributed by atoms with Crippen LogP contribution in [0.3, 0.4) is 0 Å². The van der Waals surface area contributed by atoms with Crippen molar-refractivity contribution in [2.45, 2.75) is 78.4 Å². The van der Waals surface area contributed by atoms with Crippen LogP contribution >= 0.6 is 7.82 Å². The van der Waals surface area contributed by atoms with Crippen molar-refractivity contribution in [1.29, 1.82) is 0 Å². The minimum atomic E-state index is -4.24. The van der Waals surface area contributed by atoms with Crippen molar-refractivity contribution < 1.29 is 32.5 Å². The van der Waals surface area contributed by atoms with Gasteiger partial charge in [-0.25, -0.2) is 9.46 Å². The summed E-state index contributed by atoms with van der Waals surface area (Å²) in [5.41, 5.74) is 1.87. The predicted molar refractivity (Wildman–Crippen MR) is 186 cm³/mol. The van der Waals surface area contributed by atoms with Gasteiger partial charge < -0.3 is 19.2 Å². The van der Waals surface area contributed by atoms with Gasteiger partial charge in [0.25, 0.3) is 11.8 Å². The molecule has 2 aliphatic heterocycles. The summed E-state index contributed by atoms with van der Waals surface area (Å²) in [6.07, 6.45) is 4.59. The fourth-order valence-electron chi connectivity index (χ4n) is 6.40. The third-order valence-corrected chi connectivity index (χ3v) is 10.2. The lowest BCUT2D eigenvalue weighted by Crippen LogP contribution is -2.34. The van der Waals surface area contributed by atoms with E-state index in [2.05, 4.69) is 14.5 Å². The molecule has 256 valence electrons. The summed E-state index contributed by atoms with van der Waals surface area (Å²) in [6, 6.07) is 15.7. The maximum atomic E-state index is 14.6. The molecule has 6 rings (SSSR count). The largest absolute Gasteiger partial charge is 0.477 e. The summed E-state index contributed by atoms with van der Waals surface area (Å²) >= 11 is 0. The van der Waals surface area contributed by atoms with Crippen molar-refractivity contribution in [3.63, 3.8) is 0 Å². The second-order valence-electron chi connectivity index (χ2n) is 14.2. The van der Waals surface area contributed by atoms with Gasteiger partial charge in [0.15, 0.2) is 0 Å². The number of benzene rings is 2. The Labute approximate surface area is 281 Å². The van der Waals surface area contributed by atoms with Crippen LogP contribution in [0, 0.1) is 0 Å². The van der Waals surface area contributed by atoms with Gasteiger partial charge in [-0.05, 0) is 67.1 Å². The number of ether oxygens (including phenoxy) is 1. The second kappa shape index (κ2) is 13.0. The summed E-state index contributed by atoms with van der Waals surface area (Å²) in [4.78, 5) is 30.1. The first kappa shape index (κ1) is 34.3. The molecule has 2 aromatic heterocycles. The minimum absolute atomic E-state index is 0.0257. The van der Waals surface area contributed by atoms with Crippen LogP contribution in [0.4, 0.5) is 0 Å². The van der Waals surface area contributed by atoms with E-state index in [-0.39, 0.29) is 17.3 Å². The lowest BCUT2D eigenvalue weighted by atomic mass is 9.95. The van der Waals surface area contributed by atoms with Crippen LogP contribution in [-0.2, 0) is 45.6 Å². The van der Waals surface area contributed by atoms with Crippen molar-refractivity contribution in [2.24, 2.45) is 0 Å².